The molecule has 14 heteroatoms. The molecule has 1 saturated heterocycles. The van der Waals surface area contributed by atoms with Crippen molar-refractivity contribution in [2.75, 3.05) is 20.1 Å². The second-order valence-corrected chi connectivity index (χ2v) is 8.82. The Kier molecular flexibility index (Phi) is 7.55. The molecule has 1 aliphatic rings. The quantitative estimate of drug-likeness (QED) is 0.344. The lowest BCUT2D eigenvalue weighted by Crippen LogP contribution is -2.51. The van der Waals surface area contributed by atoms with E-state index in [0.717, 1.165) is 10.7 Å². The number of sulfonamides is 1. The summed E-state index contributed by atoms with van der Waals surface area (Å²) in [6.07, 6.45) is 4.32. The van der Waals surface area contributed by atoms with Crippen LogP contribution in [-0.2, 0) is 16.6 Å². The summed E-state index contributed by atoms with van der Waals surface area (Å²) in [7, 11) is -3.67. The lowest BCUT2D eigenvalue weighted by Gasteiger charge is -2.32. The molecule has 0 unspecified atom stereocenters. The first kappa shape index (κ1) is 23.2. The summed E-state index contributed by atoms with van der Waals surface area (Å²) in [5, 5.41) is 8.16. The predicted molar refractivity (Wildman–Crippen MR) is 111 cm³/mol. The molecule has 8 nitrogen and oxygen atoms in total. The Morgan fingerprint density at radius 2 is 2.07 bits per heavy atom. The van der Waals surface area contributed by atoms with Crippen molar-refractivity contribution in [3.8, 4) is 0 Å². The number of rotatable bonds is 4. The zero-order valence-electron chi connectivity index (χ0n) is 14.8. The minimum absolute atomic E-state index is 0. The summed E-state index contributed by atoms with van der Waals surface area (Å²) in [5.74, 6) is 0.489. The molecule has 0 saturated carbocycles. The van der Waals surface area contributed by atoms with E-state index in [9.17, 15) is 21.6 Å². The normalized spacial score (nSPS) is 17.5. The van der Waals surface area contributed by atoms with E-state index < -0.39 is 15.5 Å². The van der Waals surface area contributed by atoms with Gasteiger partial charge in [-0.05, 0) is 12.8 Å². The Labute approximate surface area is 181 Å². The van der Waals surface area contributed by atoms with Crippen LogP contribution < -0.4 is 10.6 Å². The van der Waals surface area contributed by atoms with E-state index in [0.29, 0.717) is 16.8 Å². The second-order valence-electron chi connectivity index (χ2n) is 6.02. The Bertz CT molecular complexity index is 891. The van der Waals surface area contributed by atoms with Gasteiger partial charge in [0, 0.05) is 44.0 Å². The van der Waals surface area contributed by atoms with E-state index in [1.54, 1.807) is 7.05 Å². The van der Waals surface area contributed by atoms with Crippen LogP contribution in [0.15, 0.2) is 22.8 Å². The van der Waals surface area contributed by atoms with Gasteiger partial charge in [-0.2, -0.15) is 17.5 Å². The molecule has 2 aromatic heterocycles. The highest BCUT2D eigenvalue weighted by Gasteiger charge is 2.50. The van der Waals surface area contributed by atoms with Gasteiger partial charge < -0.3 is 10.6 Å². The van der Waals surface area contributed by atoms with Gasteiger partial charge in [-0.25, -0.2) is 13.4 Å². The minimum Gasteiger partial charge on any atom is -0.354 e. The smallest absolute Gasteiger partial charge is 0.354 e. The van der Waals surface area contributed by atoms with E-state index in [1.807, 2.05) is 22.2 Å². The first-order valence-corrected chi connectivity index (χ1v) is 10.5. The average Bonchev–Trinajstić information content (AvgIpc) is 3.19. The number of aliphatic imine (C=N–C) groups is 1. The molecule has 0 radical (unpaired) electrons. The van der Waals surface area contributed by atoms with Crippen LogP contribution in [-0.4, -0.2) is 59.8 Å². The fourth-order valence-electron chi connectivity index (χ4n) is 2.81. The Hall–Kier alpha value is -1.13. The van der Waals surface area contributed by atoms with E-state index in [-0.39, 0.29) is 55.9 Å². The highest BCUT2D eigenvalue weighted by Crippen LogP contribution is 2.28. The lowest BCUT2D eigenvalue weighted by molar-refractivity contribution is -0.0494. The first-order chi connectivity index (χ1) is 12.7. The number of aromatic nitrogens is 2. The molecule has 0 amide bonds. The van der Waals surface area contributed by atoms with Crippen LogP contribution in [0, 0.1) is 0 Å². The van der Waals surface area contributed by atoms with Crippen LogP contribution >= 0.6 is 35.3 Å². The number of hydrogen-bond acceptors (Lipinski definition) is 5. The predicted octanol–water partition coefficient (Wildman–Crippen LogP) is 1.99. The Balaban J connectivity index is 0.00000280. The van der Waals surface area contributed by atoms with Crippen LogP contribution in [0.4, 0.5) is 13.2 Å². The van der Waals surface area contributed by atoms with Crippen LogP contribution in [0.25, 0.3) is 4.96 Å². The van der Waals surface area contributed by atoms with Gasteiger partial charge in [0.1, 0.15) is 0 Å². The topological polar surface area (TPSA) is 91.1 Å². The van der Waals surface area contributed by atoms with Crippen LogP contribution in [0.2, 0.25) is 0 Å². The molecule has 2 N–H and O–H groups in total. The molecule has 3 rings (SSSR count). The largest absolute Gasteiger partial charge is 0.511 e. The molecule has 0 atom stereocenters. The molecule has 28 heavy (non-hydrogen) atoms. The number of imidazole rings is 1. The number of hydrogen-bond donors (Lipinski definition) is 2. The maximum atomic E-state index is 12.6. The number of piperidine rings is 1. The fourth-order valence-corrected chi connectivity index (χ4v) is 4.51. The summed E-state index contributed by atoms with van der Waals surface area (Å²) in [4.78, 5) is 9.42. The zero-order chi connectivity index (χ0) is 19.7. The maximum absolute atomic E-state index is 12.6. The molecule has 158 valence electrons. The van der Waals surface area contributed by atoms with Gasteiger partial charge in [-0.1, -0.05) is 0 Å². The van der Waals surface area contributed by atoms with Gasteiger partial charge >= 0.3 is 15.5 Å². The first-order valence-electron chi connectivity index (χ1n) is 8.15. The van der Waals surface area contributed by atoms with E-state index >= 15 is 0 Å². The number of thiazole rings is 1. The average molecular weight is 552 g/mol. The fraction of sp³-hybridized carbons (Fsp3) is 0.571. The van der Waals surface area contributed by atoms with Crippen molar-refractivity contribution < 1.29 is 21.6 Å². The number of nitrogens with zero attached hydrogens (tertiary/aromatic N) is 4. The summed E-state index contributed by atoms with van der Waals surface area (Å²) in [5.41, 5.74) is -4.43. The van der Waals surface area contributed by atoms with Gasteiger partial charge in [0.15, 0.2) is 10.9 Å². The van der Waals surface area contributed by atoms with Gasteiger partial charge in [0.05, 0.1) is 12.2 Å². The third-order valence-corrected chi connectivity index (χ3v) is 6.63. The van der Waals surface area contributed by atoms with Crippen molar-refractivity contribution in [2.24, 2.45) is 4.99 Å². The maximum Gasteiger partial charge on any atom is 0.511 e. The minimum atomic E-state index is -5.26. The standard InChI is InChI=1S/C14H19F3N6O2S2.HI/c1-18-12(19-8-11-9-22-6-7-26-13(22)21-11)20-10-2-4-23(5-3-10)27(24,25)14(15,16)17;/h6-7,9-10H,2-5,8H2,1H3,(H2,18,19,20);1H. The van der Waals surface area contributed by atoms with Crippen molar-refractivity contribution in [3.63, 3.8) is 0 Å². The molecular weight excluding hydrogens is 532 g/mol. The van der Waals surface area contributed by atoms with Crippen LogP contribution in [0.5, 0.6) is 0 Å². The zero-order valence-corrected chi connectivity index (χ0v) is 18.8. The molecule has 0 bridgehead atoms. The van der Waals surface area contributed by atoms with Gasteiger partial charge in [0.2, 0.25) is 0 Å². The molecule has 0 aromatic carbocycles. The lowest BCUT2D eigenvalue weighted by atomic mass is 10.1. The molecule has 1 aliphatic heterocycles. The van der Waals surface area contributed by atoms with E-state index in [2.05, 4.69) is 20.6 Å². The monoisotopic (exact) mass is 552 g/mol. The number of halogens is 4. The SMILES string of the molecule is CN=C(NCc1cn2ccsc2n1)NC1CCN(S(=O)(=O)C(F)(F)F)CC1.I. The summed E-state index contributed by atoms with van der Waals surface area (Å²) in [6.45, 7) is 0.0665. The van der Waals surface area contributed by atoms with Crippen molar-refractivity contribution in [1.82, 2.24) is 24.3 Å². The number of fused-ring (bicyclic) bond motifs is 1. The summed E-state index contributed by atoms with van der Waals surface area (Å²) < 4.78 is 63.1. The third-order valence-electron chi connectivity index (χ3n) is 4.23. The Morgan fingerprint density at radius 1 is 1.39 bits per heavy atom. The van der Waals surface area contributed by atoms with Crippen LogP contribution in [0.3, 0.4) is 0 Å². The van der Waals surface area contributed by atoms with Crippen molar-refractivity contribution in [1.29, 1.82) is 0 Å². The third kappa shape index (κ3) is 5.07. The van der Waals surface area contributed by atoms with Gasteiger partial charge in [0.25, 0.3) is 0 Å². The molecule has 1 fully saturated rings. The number of alkyl halides is 3. The van der Waals surface area contributed by atoms with Crippen molar-refractivity contribution >= 4 is 56.3 Å². The summed E-state index contributed by atoms with van der Waals surface area (Å²) >= 11 is 1.52. The molecule has 2 aromatic rings. The molecule has 0 aliphatic carbocycles. The van der Waals surface area contributed by atoms with Crippen LogP contribution in [0.1, 0.15) is 18.5 Å². The Morgan fingerprint density at radius 3 is 2.64 bits per heavy atom. The van der Waals surface area contributed by atoms with E-state index in [4.69, 9.17) is 0 Å². The summed E-state index contributed by atoms with van der Waals surface area (Å²) in [6, 6.07) is -0.165. The van der Waals surface area contributed by atoms with Gasteiger partial charge in [-0.15, -0.1) is 35.3 Å². The second kappa shape index (κ2) is 9.13. The van der Waals surface area contributed by atoms with Gasteiger partial charge in [-0.3, -0.25) is 9.39 Å². The number of nitrogens with one attached hydrogen (secondary N) is 2. The van der Waals surface area contributed by atoms with Crippen molar-refractivity contribution in [3.05, 3.63) is 23.5 Å². The highest BCUT2D eigenvalue weighted by atomic mass is 127. The molecular formula is C14H20F3IN6O2S2. The number of guanidine groups is 1. The highest BCUT2D eigenvalue weighted by molar-refractivity contribution is 14.0. The van der Waals surface area contributed by atoms with Crippen molar-refractivity contribution in [2.45, 2.75) is 30.9 Å². The van der Waals surface area contributed by atoms with E-state index in [1.165, 1.54) is 11.3 Å². The molecule has 3 heterocycles. The molecule has 0 spiro atoms.